The first-order chi connectivity index (χ1) is 11.5. The Hall–Kier alpha value is -1.23. The lowest BCUT2D eigenvalue weighted by Gasteiger charge is -2.16. The minimum absolute atomic E-state index is 0.431. The van der Waals surface area contributed by atoms with E-state index in [9.17, 15) is 0 Å². The van der Waals surface area contributed by atoms with Gasteiger partial charge in [-0.1, -0.05) is 30.7 Å². The Morgan fingerprint density at radius 1 is 1.21 bits per heavy atom. The molecule has 0 heterocycles. The predicted octanol–water partition coefficient (Wildman–Crippen LogP) is 5.58. The fourth-order valence-corrected chi connectivity index (χ4v) is 3.05. The van der Waals surface area contributed by atoms with E-state index in [1.54, 1.807) is 7.11 Å². The summed E-state index contributed by atoms with van der Waals surface area (Å²) in [6.45, 7) is 5.56. The molecule has 2 aromatic carbocycles. The Morgan fingerprint density at radius 2 is 2.00 bits per heavy atom. The molecule has 0 amide bonds. The standard InChI is InChI=1S/C19H23BrClNO2/c1-4-13(2)22-11-15-9-17(20)19(18(10-15)23-3)24-12-14-6-5-7-16(21)8-14/h5-10,13,22H,4,11-12H2,1-3H3. The topological polar surface area (TPSA) is 30.5 Å². The van der Waals surface area contributed by atoms with Crippen LogP contribution in [0.25, 0.3) is 0 Å². The number of methoxy groups -OCH3 is 1. The molecule has 0 aliphatic carbocycles. The van der Waals surface area contributed by atoms with Crippen molar-refractivity contribution in [1.82, 2.24) is 5.32 Å². The van der Waals surface area contributed by atoms with E-state index in [0.29, 0.717) is 29.2 Å². The zero-order valence-electron chi connectivity index (χ0n) is 14.2. The highest BCUT2D eigenvalue weighted by Gasteiger charge is 2.12. The summed E-state index contributed by atoms with van der Waals surface area (Å²) in [5.74, 6) is 1.41. The second-order valence-electron chi connectivity index (χ2n) is 5.72. The van der Waals surface area contributed by atoms with Gasteiger partial charge in [-0.25, -0.2) is 0 Å². The van der Waals surface area contributed by atoms with Gasteiger partial charge in [-0.3, -0.25) is 0 Å². The van der Waals surface area contributed by atoms with Gasteiger partial charge in [-0.05, 0) is 64.7 Å². The second kappa shape index (κ2) is 9.30. The first kappa shape index (κ1) is 19.1. The second-order valence-corrected chi connectivity index (χ2v) is 7.01. The molecular formula is C19H23BrClNO2. The van der Waals surface area contributed by atoms with Crippen LogP contribution >= 0.6 is 27.5 Å². The van der Waals surface area contributed by atoms with Crippen molar-refractivity contribution in [2.75, 3.05) is 7.11 Å². The smallest absolute Gasteiger partial charge is 0.175 e. The summed E-state index contributed by atoms with van der Waals surface area (Å²) in [4.78, 5) is 0. The van der Waals surface area contributed by atoms with Gasteiger partial charge in [-0.2, -0.15) is 0 Å². The van der Waals surface area contributed by atoms with Crippen LogP contribution in [0.3, 0.4) is 0 Å². The van der Waals surface area contributed by atoms with Gasteiger partial charge in [-0.15, -0.1) is 0 Å². The van der Waals surface area contributed by atoms with Gasteiger partial charge in [0, 0.05) is 17.6 Å². The molecule has 1 atom stereocenters. The van der Waals surface area contributed by atoms with Crippen LogP contribution < -0.4 is 14.8 Å². The summed E-state index contributed by atoms with van der Waals surface area (Å²) in [7, 11) is 1.65. The molecule has 0 saturated carbocycles. The fraction of sp³-hybridized carbons (Fsp3) is 0.368. The average molecular weight is 413 g/mol. The first-order valence-electron chi connectivity index (χ1n) is 8.00. The van der Waals surface area contributed by atoms with E-state index < -0.39 is 0 Å². The molecule has 1 N–H and O–H groups in total. The van der Waals surface area contributed by atoms with E-state index in [-0.39, 0.29) is 0 Å². The van der Waals surface area contributed by atoms with Crippen LogP contribution in [-0.4, -0.2) is 13.2 Å². The van der Waals surface area contributed by atoms with Crippen LogP contribution in [0.5, 0.6) is 11.5 Å². The summed E-state index contributed by atoms with van der Waals surface area (Å²) in [5.41, 5.74) is 2.16. The predicted molar refractivity (Wildman–Crippen MR) is 103 cm³/mol. The zero-order chi connectivity index (χ0) is 17.5. The Balaban J connectivity index is 2.11. The summed E-state index contributed by atoms with van der Waals surface area (Å²) in [6.07, 6.45) is 1.10. The Morgan fingerprint density at radius 3 is 2.67 bits per heavy atom. The first-order valence-corrected chi connectivity index (χ1v) is 9.17. The van der Waals surface area contributed by atoms with Crippen molar-refractivity contribution in [3.63, 3.8) is 0 Å². The van der Waals surface area contributed by atoms with Gasteiger partial charge in [0.2, 0.25) is 0 Å². The summed E-state index contributed by atoms with van der Waals surface area (Å²) in [6, 6.07) is 12.2. The fourth-order valence-electron chi connectivity index (χ4n) is 2.23. The van der Waals surface area contributed by atoms with Crippen molar-refractivity contribution in [3.8, 4) is 11.5 Å². The normalized spacial score (nSPS) is 12.0. The molecule has 0 aromatic heterocycles. The molecule has 0 radical (unpaired) electrons. The lowest BCUT2D eigenvalue weighted by molar-refractivity contribution is 0.282. The maximum atomic E-state index is 6.01. The van der Waals surface area contributed by atoms with Crippen molar-refractivity contribution in [1.29, 1.82) is 0 Å². The van der Waals surface area contributed by atoms with Crippen LogP contribution in [0, 0.1) is 0 Å². The molecule has 24 heavy (non-hydrogen) atoms. The Labute approximate surface area is 157 Å². The summed E-state index contributed by atoms with van der Waals surface area (Å²) < 4.78 is 12.3. The molecule has 3 nitrogen and oxygen atoms in total. The largest absolute Gasteiger partial charge is 0.493 e. The summed E-state index contributed by atoms with van der Waals surface area (Å²) >= 11 is 9.61. The third-order valence-electron chi connectivity index (χ3n) is 3.83. The molecule has 2 aromatic rings. The van der Waals surface area contributed by atoms with Crippen molar-refractivity contribution < 1.29 is 9.47 Å². The van der Waals surface area contributed by atoms with Crippen molar-refractivity contribution >= 4 is 27.5 Å². The molecule has 0 saturated heterocycles. The van der Waals surface area contributed by atoms with Crippen LogP contribution in [0.2, 0.25) is 5.02 Å². The maximum Gasteiger partial charge on any atom is 0.175 e. The highest BCUT2D eigenvalue weighted by Crippen LogP contribution is 2.37. The summed E-state index contributed by atoms with van der Waals surface area (Å²) in [5, 5.41) is 4.18. The molecule has 0 spiro atoms. The quantitative estimate of drug-likeness (QED) is 0.614. The minimum atomic E-state index is 0.431. The van der Waals surface area contributed by atoms with E-state index in [1.807, 2.05) is 30.3 Å². The minimum Gasteiger partial charge on any atom is -0.493 e. The number of halogens is 2. The average Bonchev–Trinajstić information content (AvgIpc) is 2.58. The van der Waals surface area contributed by atoms with Crippen LogP contribution in [-0.2, 0) is 13.2 Å². The van der Waals surface area contributed by atoms with Crippen molar-refractivity contribution in [2.24, 2.45) is 0 Å². The molecule has 0 aliphatic rings. The van der Waals surface area contributed by atoms with Crippen LogP contribution in [0.15, 0.2) is 40.9 Å². The molecule has 130 valence electrons. The molecule has 1 unspecified atom stereocenters. The van der Waals surface area contributed by atoms with Gasteiger partial charge in [0.25, 0.3) is 0 Å². The Kier molecular flexibility index (Phi) is 7.40. The SMILES string of the molecule is CCC(C)NCc1cc(Br)c(OCc2cccc(Cl)c2)c(OC)c1. The number of hydrogen-bond donors (Lipinski definition) is 1. The highest BCUT2D eigenvalue weighted by atomic mass is 79.9. The molecule has 5 heteroatoms. The molecular weight excluding hydrogens is 390 g/mol. The van der Waals surface area contributed by atoms with Gasteiger partial charge in [0.1, 0.15) is 6.61 Å². The van der Waals surface area contributed by atoms with Gasteiger partial charge in [0.05, 0.1) is 11.6 Å². The van der Waals surface area contributed by atoms with Gasteiger partial charge < -0.3 is 14.8 Å². The third-order valence-corrected chi connectivity index (χ3v) is 4.65. The third kappa shape index (κ3) is 5.40. The number of hydrogen-bond acceptors (Lipinski definition) is 3. The van der Waals surface area contributed by atoms with E-state index in [1.165, 1.54) is 0 Å². The molecule has 0 fully saturated rings. The highest BCUT2D eigenvalue weighted by molar-refractivity contribution is 9.10. The maximum absolute atomic E-state index is 6.01. The Bertz CT molecular complexity index is 678. The van der Waals surface area contributed by atoms with E-state index in [2.05, 4.69) is 41.2 Å². The van der Waals surface area contributed by atoms with Gasteiger partial charge >= 0.3 is 0 Å². The number of nitrogens with one attached hydrogen (secondary N) is 1. The zero-order valence-corrected chi connectivity index (χ0v) is 16.6. The lowest BCUT2D eigenvalue weighted by Crippen LogP contribution is -2.24. The van der Waals surface area contributed by atoms with E-state index >= 15 is 0 Å². The number of rotatable bonds is 8. The molecule has 0 bridgehead atoms. The van der Waals surface area contributed by atoms with Gasteiger partial charge in [0.15, 0.2) is 11.5 Å². The van der Waals surface area contributed by atoms with Crippen molar-refractivity contribution in [2.45, 2.75) is 39.5 Å². The van der Waals surface area contributed by atoms with Crippen molar-refractivity contribution in [3.05, 3.63) is 57.0 Å². The number of benzene rings is 2. The lowest BCUT2D eigenvalue weighted by atomic mass is 10.1. The monoisotopic (exact) mass is 411 g/mol. The van der Waals surface area contributed by atoms with E-state index in [4.69, 9.17) is 21.1 Å². The molecule has 0 aliphatic heterocycles. The molecule has 2 rings (SSSR count). The van der Waals surface area contributed by atoms with Crippen LogP contribution in [0.1, 0.15) is 31.4 Å². The number of ether oxygens (including phenoxy) is 2. The van der Waals surface area contributed by atoms with Crippen LogP contribution in [0.4, 0.5) is 0 Å². The van der Waals surface area contributed by atoms with E-state index in [0.717, 1.165) is 28.6 Å².